The third-order valence-electron chi connectivity index (χ3n) is 2.14. The molecule has 0 saturated heterocycles. The van der Waals surface area contributed by atoms with Crippen LogP contribution in [-0.2, 0) is 9.59 Å². The lowest BCUT2D eigenvalue weighted by Gasteiger charge is -2.25. The summed E-state index contributed by atoms with van der Waals surface area (Å²) >= 11 is 0. The molecule has 14 heavy (non-hydrogen) atoms. The van der Waals surface area contributed by atoms with Gasteiger partial charge in [-0.25, -0.2) is 0 Å². The quantitative estimate of drug-likeness (QED) is 0.472. The van der Waals surface area contributed by atoms with Crippen LogP contribution in [0.5, 0.6) is 0 Å². The number of nitrogens with two attached hydrogens (primary N) is 2. The van der Waals surface area contributed by atoms with Crippen LogP contribution in [0.25, 0.3) is 0 Å². The lowest BCUT2D eigenvalue weighted by Crippen LogP contribution is -2.50. The molecule has 0 aromatic rings. The molecule has 0 aliphatic heterocycles. The first-order chi connectivity index (χ1) is 6.09. The van der Waals surface area contributed by atoms with Crippen molar-refractivity contribution in [1.29, 1.82) is 0 Å². The Kier molecular flexibility index (Phi) is 3.61. The fourth-order valence-electron chi connectivity index (χ4n) is 0.733. The van der Waals surface area contributed by atoms with Crippen molar-refractivity contribution in [3.05, 3.63) is 0 Å². The van der Waals surface area contributed by atoms with E-state index >= 15 is 0 Å². The molecule has 0 spiro atoms. The summed E-state index contributed by atoms with van der Waals surface area (Å²) in [6, 6.07) is 0. The van der Waals surface area contributed by atoms with Crippen molar-refractivity contribution in [2.45, 2.75) is 37.8 Å². The second-order valence-electron chi connectivity index (χ2n) is 3.95. The molecular formula is C8H16N2O4. The summed E-state index contributed by atoms with van der Waals surface area (Å²) in [7, 11) is 0. The van der Waals surface area contributed by atoms with Crippen LogP contribution in [0.2, 0.25) is 0 Å². The van der Waals surface area contributed by atoms with E-state index in [1.807, 2.05) is 0 Å². The van der Waals surface area contributed by atoms with Gasteiger partial charge in [0.1, 0.15) is 11.1 Å². The Morgan fingerprint density at radius 2 is 1.21 bits per heavy atom. The van der Waals surface area contributed by atoms with E-state index in [4.69, 9.17) is 21.7 Å². The molecule has 0 heterocycles. The van der Waals surface area contributed by atoms with Gasteiger partial charge in [0.2, 0.25) is 0 Å². The second kappa shape index (κ2) is 3.93. The zero-order chi connectivity index (χ0) is 11.6. The standard InChI is InChI=1S/C8H16N2O4/c1-7(9,5(11)12)3-4-8(2,10)6(13)14/h3-4,9-10H2,1-2H3,(H,11,12)(H,13,14). The molecule has 0 aromatic carbocycles. The van der Waals surface area contributed by atoms with Crippen LogP contribution in [0.15, 0.2) is 0 Å². The smallest absolute Gasteiger partial charge is 0.323 e. The van der Waals surface area contributed by atoms with Crippen LogP contribution in [0.1, 0.15) is 26.7 Å². The highest BCUT2D eigenvalue weighted by molar-refractivity contribution is 5.79. The lowest BCUT2D eigenvalue weighted by atomic mass is 9.88. The molecule has 6 N–H and O–H groups in total. The van der Waals surface area contributed by atoms with Gasteiger partial charge in [-0.15, -0.1) is 0 Å². The van der Waals surface area contributed by atoms with Gasteiger partial charge in [0.15, 0.2) is 0 Å². The molecule has 0 radical (unpaired) electrons. The molecule has 0 aliphatic carbocycles. The first-order valence-corrected chi connectivity index (χ1v) is 4.14. The van der Waals surface area contributed by atoms with Crippen LogP contribution in [0, 0.1) is 0 Å². The van der Waals surface area contributed by atoms with E-state index in [1.165, 1.54) is 13.8 Å². The third kappa shape index (κ3) is 3.31. The van der Waals surface area contributed by atoms with Crippen molar-refractivity contribution in [1.82, 2.24) is 0 Å². The highest BCUT2D eigenvalue weighted by Crippen LogP contribution is 2.16. The van der Waals surface area contributed by atoms with Crippen LogP contribution >= 0.6 is 0 Å². The van der Waals surface area contributed by atoms with Gasteiger partial charge in [0, 0.05) is 0 Å². The van der Waals surface area contributed by atoms with Gasteiger partial charge >= 0.3 is 11.9 Å². The average Bonchev–Trinajstić information content (AvgIpc) is 2.01. The first-order valence-electron chi connectivity index (χ1n) is 4.14. The molecule has 2 atom stereocenters. The van der Waals surface area contributed by atoms with Gasteiger partial charge in [0.25, 0.3) is 0 Å². The fourth-order valence-corrected chi connectivity index (χ4v) is 0.733. The van der Waals surface area contributed by atoms with Gasteiger partial charge in [-0.2, -0.15) is 0 Å². The highest BCUT2D eigenvalue weighted by Gasteiger charge is 2.34. The van der Waals surface area contributed by atoms with Crippen LogP contribution in [-0.4, -0.2) is 33.2 Å². The minimum atomic E-state index is -1.43. The van der Waals surface area contributed by atoms with Gasteiger partial charge in [0.05, 0.1) is 0 Å². The molecule has 82 valence electrons. The van der Waals surface area contributed by atoms with E-state index < -0.39 is 23.0 Å². The Bertz CT molecular complexity index is 222. The van der Waals surface area contributed by atoms with Crippen LogP contribution in [0.4, 0.5) is 0 Å². The highest BCUT2D eigenvalue weighted by atomic mass is 16.4. The number of aliphatic carboxylic acids is 2. The molecule has 6 nitrogen and oxygen atoms in total. The zero-order valence-electron chi connectivity index (χ0n) is 8.28. The second-order valence-corrected chi connectivity index (χ2v) is 3.95. The summed E-state index contributed by atoms with van der Waals surface area (Å²) in [5.74, 6) is -2.34. The van der Waals surface area contributed by atoms with Crippen LogP contribution in [0.3, 0.4) is 0 Å². The molecule has 2 unspecified atom stereocenters. The summed E-state index contributed by atoms with van der Waals surface area (Å²) in [5, 5.41) is 17.3. The topological polar surface area (TPSA) is 127 Å². The summed E-state index contributed by atoms with van der Waals surface area (Å²) < 4.78 is 0. The Hall–Kier alpha value is -1.14. The number of carbonyl (C=O) groups is 2. The van der Waals surface area contributed by atoms with Gasteiger partial charge in [-0.05, 0) is 26.7 Å². The van der Waals surface area contributed by atoms with E-state index in [1.54, 1.807) is 0 Å². The van der Waals surface area contributed by atoms with E-state index in [0.717, 1.165) is 0 Å². The number of carboxylic acids is 2. The summed E-state index contributed by atoms with van der Waals surface area (Å²) in [6.07, 6.45) is 0.0310. The minimum absolute atomic E-state index is 0.0155. The average molecular weight is 204 g/mol. The maximum Gasteiger partial charge on any atom is 0.323 e. The number of rotatable bonds is 5. The third-order valence-corrected chi connectivity index (χ3v) is 2.14. The molecule has 6 heteroatoms. The molecule has 0 rings (SSSR count). The van der Waals surface area contributed by atoms with Gasteiger partial charge < -0.3 is 21.7 Å². The molecule has 0 amide bonds. The van der Waals surface area contributed by atoms with Crippen LogP contribution < -0.4 is 11.5 Å². The monoisotopic (exact) mass is 204 g/mol. The maximum atomic E-state index is 10.6. The number of hydrogen-bond donors (Lipinski definition) is 4. The Morgan fingerprint density at radius 3 is 1.36 bits per heavy atom. The molecule has 0 saturated carbocycles. The van der Waals surface area contributed by atoms with E-state index in [-0.39, 0.29) is 12.8 Å². The molecule has 0 fully saturated rings. The minimum Gasteiger partial charge on any atom is -0.480 e. The Labute approximate surface area is 81.9 Å². The molecule has 0 aliphatic rings. The SMILES string of the molecule is CC(N)(CCC(C)(N)C(=O)O)C(=O)O. The van der Waals surface area contributed by atoms with Gasteiger partial charge in [-0.3, -0.25) is 9.59 Å². The summed E-state index contributed by atoms with van der Waals surface area (Å²) in [6.45, 7) is 2.65. The Morgan fingerprint density at radius 1 is 1.00 bits per heavy atom. The van der Waals surface area contributed by atoms with Crippen molar-refractivity contribution >= 4 is 11.9 Å². The Balaban J connectivity index is 4.32. The van der Waals surface area contributed by atoms with E-state index in [9.17, 15) is 9.59 Å². The number of hydrogen-bond acceptors (Lipinski definition) is 4. The summed E-state index contributed by atoms with van der Waals surface area (Å²) in [4.78, 5) is 21.2. The molecule has 0 aromatic heterocycles. The first kappa shape index (κ1) is 12.9. The lowest BCUT2D eigenvalue weighted by molar-refractivity contribution is -0.146. The van der Waals surface area contributed by atoms with E-state index in [2.05, 4.69) is 0 Å². The normalized spacial score (nSPS) is 19.4. The van der Waals surface area contributed by atoms with Crippen molar-refractivity contribution < 1.29 is 19.8 Å². The molecular weight excluding hydrogens is 188 g/mol. The van der Waals surface area contributed by atoms with E-state index in [0.29, 0.717) is 0 Å². The van der Waals surface area contributed by atoms with Crippen molar-refractivity contribution in [2.75, 3.05) is 0 Å². The zero-order valence-corrected chi connectivity index (χ0v) is 8.28. The van der Waals surface area contributed by atoms with Crippen molar-refractivity contribution in [3.63, 3.8) is 0 Å². The summed E-state index contributed by atoms with van der Waals surface area (Å²) in [5.41, 5.74) is 7.97. The van der Waals surface area contributed by atoms with Gasteiger partial charge in [-0.1, -0.05) is 0 Å². The fraction of sp³-hybridized carbons (Fsp3) is 0.750. The van der Waals surface area contributed by atoms with Crippen molar-refractivity contribution in [2.24, 2.45) is 11.5 Å². The predicted molar refractivity (Wildman–Crippen MR) is 49.7 cm³/mol. The largest absolute Gasteiger partial charge is 0.480 e. The maximum absolute atomic E-state index is 10.6. The predicted octanol–water partition coefficient (Wildman–Crippen LogP) is -0.629. The number of carboxylic acid groups (broad SMARTS) is 2. The molecule has 0 bridgehead atoms. The van der Waals surface area contributed by atoms with Crippen molar-refractivity contribution in [3.8, 4) is 0 Å².